The van der Waals surface area contributed by atoms with Crippen LogP contribution in [0.3, 0.4) is 0 Å². The summed E-state index contributed by atoms with van der Waals surface area (Å²) in [5, 5.41) is 3.74. The van der Waals surface area contributed by atoms with Gasteiger partial charge in [0.15, 0.2) is 0 Å². The van der Waals surface area contributed by atoms with Crippen LogP contribution in [-0.2, 0) is 0 Å². The van der Waals surface area contributed by atoms with Crippen LogP contribution in [0.15, 0.2) is 36.4 Å². The summed E-state index contributed by atoms with van der Waals surface area (Å²) in [5.41, 5.74) is 7.16. The molecule has 1 amide bonds. The standard InChI is InChI=1S/C13H9Cl2IN2O/c14-8-2-4-11(17)12(6-8)18-13(19)7-1-3-10(16)9(15)5-7/h1-6H,17H2,(H,18,19). The smallest absolute Gasteiger partial charge is 0.255 e. The first-order chi connectivity index (χ1) is 8.97. The summed E-state index contributed by atoms with van der Waals surface area (Å²) in [6, 6.07) is 9.98. The van der Waals surface area contributed by atoms with Crippen LogP contribution in [0.4, 0.5) is 11.4 Å². The largest absolute Gasteiger partial charge is 0.397 e. The summed E-state index contributed by atoms with van der Waals surface area (Å²) in [5.74, 6) is -0.285. The van der Waals surface area contributed by atoms with Crippen LogP contribution in [0.25, 0.3) is 0 Å². The Labute approximate surface area is 134 Å². The van der Waals surface area contributed by atoms with Crippen molar-refractivity contribution in [1.29, 1.82) is 0 Å². The minimum absolute atomic E-state index is 0.285. The molecule has 0 fully saturated rings. The average Bonchev–Trinajstić information content (AvgIpc) is 2.37. The molecule has 3 nitrogen and oxygen atoms in total. The number of benzene rings is 2. The van der Waals surface area contributed by atoms with Crippen molar-refractivity contribution in [1.82, 2.24) is 0 Å². The van der Waals surface area contributed by atoms with E-state index in [4.69, 9.17) is 28.9 Å². The molecule has 0 atom stereocenters. The van der Waals surface area contributed by atoms with Gasteiger partial charge in [0.05, 0.1) is 16.4 Å². The minimum atomic E-state index is -0.285. The maximum atomic E-state index is 12.1. The normalized spacial score (nSPS) is 10.3. The van der Waals surface area contributed by atoms with Crippen LogP contribution in [0.5, 0.6) is 0 Å². The first-order valence-corrected chi connectivity index (χ1v) is 7.12. The van der Waals surface area contributed by atoms with Crippen LogP contribution in [-0.4, -0.2) is 5.91 Å². The van der Waals surface area contributed by atoms with Crippen LogP contribution >= 0.6 is 45.8 Å². The predicted octanol–water partition coefficient (Wildman–Crippen LogP) is 4.43. The van der Waals surface area contributed by atoms with E-state index in [0.717, 1.165) is 3.57 Å². The van der Waals surface area contributed by atoms with Gasteiger partial charge in [0, 0.05) is 14.2 Å². The van der Waals surface area contributed by atoms with Crippen LogP contribution in [0, 0.1) is 3.57 Å². The van der Waals surface area contributed by atoms with E-state index in [2.05, 4.69) is 27.9 Å². The maximum absolute atomic E-state index is 12.1. The van der Waals surface area contributed by atoms with E-state index >= 15 is 0 Å². The van der Waals surface area contributed by atoms with Gasteiger partial charge in [-0.25, -0.2) is 0 Å². The number of anilines is 2. The summed E-state index contributed by atoms with van der Waals surface area (Å²) in [6.07, 6.45) is 0. The van der Waals surface area contributed by atoms with Crippen molar-refractivity contribution in [3.05, 3.63) is 55.6 Å². The zero-order valence-corrected chi connectivity index (χ0v) is 13.3. The Morgan fingerprint density at radius 3 is 2.58 bits per heavy atom. The second-order valence-electron chi connectivity index (χ2n) is 3.81. The van der Waals surface area contributed by atoms with Gasteiger partial charge in [0.25, 0.3) is 5.91 Å². The zero-order valence-electron chi connectivity index (χ0n) is 9.58. The van der Waals surface area contributed by atoms with Gasteiger partial charge in [0.2, 0.25) is 0 Å². The highest BCUT2D eigenvalue weighted by molar-refractivity contribution is 14.1. The summed E-state index contributed by atoms with van der Waals surface area (Å²) < 4.78 is 0.887. The van der Waals surface area contributed by atoms with Gasteiger partial charge in [-0.15, -0.1) is 0 Å². The number of nitrogens with one attached hydrogen (secondary N) is 1. The zero-order chi connectivity index (χ0) is 14.0. The van der Waals surface area contributed by atoms with Crippen LogP contribution in [0.1, 0.15) is 10.4 Å². The highest BCUT2D eigenvalue weighted by Gasteiger charge is 2.10. The molecule has 0 saturated carbocycles. The van der Waals surface area contributed by atoms with Crippen molar-refractivity contribution < 1.29 is 4.79 Å². The van der Waals surface area contributed by atoms with Crippen LogP contribution in [0.2, 0.25) is 10.0 Å². The fourth-order valence-electron chi connectivity index (χ4n) is 1.47. The Hall–Kier alpha value is -0.980. The third-order valence-electron chi connectivity index (χ3n) is 2.45. The Kier molecular flexibility index (Phi) is 4.54. The SMILES string of the molecule is Nc1ccc(Cl)cc1NC(=O)c1ccc(I)c(Cl)c1. The van der Waals surface area contributed by atoms with Crippen molar-refractivity contribution in [2.75, 3.05) is 11.1 Å². The monoisotopic (exact) mass is 406 g/mol. The lowest BCUT2D eigenvalue weighted by Gasteiger charge is -2.09. The van der Waals surface area contributed by atoms with E-state index in [9.17, 15) is 4.79 Å². The van der Waals surface area contributed by atoms with Gasteiger partial charge in [-0.3, -0.25) is 4.79 Å². The number of nitrogen functional groups attached to an aromatic ring is 1. The van der Waals surface area contributed by atoms with E-state index in [1.165, 1.54) is 0 Å². The van der Waals surface area contributed by atoms with E-state index in [1.54, 1.807) is 36.4 Å². The van der Waals surface area contributed by atoms with E-state index < -0.39 is 0 Å². The second-order valence-corrected chi connectivity index (χ2v) is 5.82. The summed E-state index contributed by atoms with van der Waals surface area (Å²) in [4.78, 5) is 12.1. The average molecular weight is 407 g/mol. The van der Waals surface area contributed by atoms with Gasteiger partial charge in [-0.05, 0) is 59.0 Å². The fourth-order valence-corrected chi connectivity index (χ4v) is 2.16. The summed E-state index contributed by atoms with van der Waals surface area (Å²) in [6.45, 7) is 0. The number of amides is 1. The molecule has 0 aliphatic rings. The molecule has 0 bridgehead atoms. The topological polar surface area (TPSA) is 55.1 Å². The van der Waals surface area contributed by atoms with E-state index in [0.29, 0.717) is 27.0 Å². The van der Waals surface area contributed by atoms with E-state index in [-0.39, 0.29) is 5.91 Å². The highest BCUT2D eigenvalue weighted by atomic mass is 127. The molecular formula is C13H9Cl2IN2O. The third-order valence-corrected chi connectivity index (χ3v) is 4.25. The molecule has 2 aromatic carbocycles. The molecule has 3 N–H and O–H groups in total. The predicted molar refractivity (Wildman–Crippen MR) is 88.0 cm³/mol. The van der Waals surface area contributed by atoms with Gasteiger partial charge in [0.1, 0.15) is 0 Å². The Morgan fingerprint density at radius 1 is 1.16 bits per heavy atom. The van der Waals surface area contributed by atoms with Crippen molar-refractivity contribution in [3.63, 3.8) is 0 Å². The van der Waals surface area contributed by atoms with E-state index in [1.807, 2.05) is 0 Å². The molecule has 98 valence electrons. The van der Waals surface area contributed by atoms with Crippen LogP contribution < -0.4 is 11.1 Å². The Morgan fingerprint density at radius 2 is 1.89 bits per heavy atom. The molecular weight excluding hydrogens is 398 g/mol. The van der Waals surface area contributed by atoms with Crippen molar-refractivity contribution >= 4 is 63.1 Å². The summed E-state index contributed by atoms with van der Waals surface area (Å²) in [7, 11) is 0. The molecule has 0 unspecified atom stereocenters. The molecule has 0 aromatic heterocycles. The number of hydrogen-bond acceptors (Lipinski definition) is 2. The van der Waals surface area contributed by atoms with Crippen molar-refractivity contribution in [3.8, 4) is 0 Å². The molecule has 0 radical (unpaired) electrons. The molecule has 19 heavy (non-hydrogen) atoms. The molecule has 0 aliphatic heterocycles. The summed E-state index contributed by atoms with van der Waals surface area (Å²) >= 11 is 13.9. The first-order valence-electron chi connectivity index (χ1n) is 5.29. The molecule has 2 aromatic rings. The molecule has 0 saturated heterocycles. The molecule has 0 heterocycles. The van der Waals surface area contributed by atoms with Crippen molar-refractivity contribution in [2.45, 2.75) is 0 Å². The number of nitrogens with two attached hydrogens (primary N) is 1. The Balaban J connectivity index is 2.25. The van der Waals surface area contributed by atoms with Gasteiger partial charge < -0.3 is 11.1 Å². The number of hydrogen-bond donors (Lipinski definition) is 2. The number of halogens is 3. The quantitative estimate of drug-likeness (QED) is 0.572. The lowest BCUT2D eigenvalue weighted by Crippen LogP contribution is -2.13. The minimum Gasteiger partial charge on any atom is -0.397 e. The van der Waals surface area contributed by atoms with Crippen molar-refractivity contribution in [2.24, 2.45) is 0 Å². The molecule has 0 aliphatic carbocycles. The van der Waals surface area contributed by atoms with Gasteiger partial charge in [-0.2, -0.15) is 0 Å². The Bertz CT molecular complexity index is 647. The first kappa shape index (κ1) is 14.4. The van der Waals surface area contributed by atoms with Gasteiger partial charge >= 0.3 is 0 Å². The maximum Gasteiger partial charge on any atom is 0.255 e. The van der Waals surface area contributed by atoms with Gasteiger partial charge in [-0.1, -0.05) is 23.2 Å². The number of carbonyl (C=O) groups excluding carboxylic acids is 1. The molecule has 0 spiro atoms. The molecule has 2 rings (SSSR count). The molecule has 6 heteroatoms. The lowest BCUT2D eigenvalue weighted by molar-refractivity contribution is 0.102. The number of carbonyl (C=O) groups is 1. The fraction of sp³-hybridized carbons (Fsp3) is 0. The second kappa shape index (κ2) is 5.98. The highest BCUT2D eigenvalue weighted by Crippen LogP contribution is 2.24. The number of rotatable bonds is 2. The lowest BCUT2D eigenvalue weighted by atomic mass is 10.2. The third kappa shape index (κ3) is 3.52.